The molecule has 0 aromatic heterocycles. The van der Waals surface area contributed by atoms with Gasteiger partial charge in [-0.2, -0.15) is 0 Å². The number of ether oxygens (including phenoxy) is 2. The molecule has 0 amide bonds. The highest BCUT2D eigenvalue weighted by atomic mass is 31.2. The number of rotatable bonds is 37. The molecule has 11 nitrogen and oxygen atoms in total. The normalized spacial score (nSPS) is 18.6. The Bertz CT molecular complexity index is 1060. The van der Waals surface area contributed by atoms with E-state index >= 15 is 0 Å². The molecule has 0 aliphatic heterocycles. The van der Waals surface area contributed by atoms with Gasteiger partial charge in [-0.15, -0.1) is 0 Å². The van der Waals surface area contributed by atoms with E-state index < -0.39 is 50.6 Å². The van der Waals surface area contributed by atoms with Crippen LogP contribution >= 0.6 is 7.82 Å². The topological polar surface area (TPSA) is 177 Å². The summed E-state index contributed by atoms with van der Waals surface area (Å²) in [6.45, 7) is 3.41. The highest BCUT2D eigenvalue weighted by Gasteiger charge is 2.39. The summed E-state index contributed by atoms with van der Waals surface area (Å²) in [5.74, 6) is -1.62. The van der Waals surface area contributed by atoms with Gasteiger partial charge in [0.05, 0.1) is 18.8 Å². The van der Waals surface area contributed by atoms with E-state index in [-0.39, 0.29) is 37.6 Å². The largest absolute Gasteiger partial charge is 0.469 e. The van der Waals surface area contributed by atoms with Crippen molar-refractivity contribution in [1.29, 1.82) is 0 Å². The van der Waals surface area contributed by atoms with Crippen molar-refractivity contribution >= 4 is 25.5 Å². The lowest BCUT2D eigenvalue weighted by Gasteiger charge is -2.19. The molecule has 1 fully saturated rings. The molecule has 1 aliphatic rings. The van der Waals surface area contributed by atoms with E-state index in [9.17, 15) is 29.2 Å². The molecule has 0 bridgehead atoms. The van der Waals surface area contributed by atoms with E-state index in [0.29, 0.717) is 32.1 Å². The van der Waals surface area contributed by atoms with Gasteiger partial charge in [0.1, 0.15) is 12.4 Å². The van der Waals surface area contributed by atoms with E-state index in [0.717, 1.165) is 51.4 Å². The highest BCUT2D eigenvalue weighted by molar-refractivity contribution is 7.46. The Morgan fingerprint density at radius 1 is 0.709 bits per heavy atom. The molecule has 1 aliphatic carbocycles. The Hall–Kier alpha value is -1.62. The molecule has 1 saturated carbocycles. The van der Waals surface area contributed by atoms with Gasteiger partial charge in [0.15, 0.2) is 6.10 Å². The number of allylic oxidation sites excluding steroid dienone is 1. The van der Waals surface area contributed by atoms with Crippen LogP contribution in [0.5, 0.6) is 0 Å². The molecule has 1 rings (SSSR count). The van der Waals surface area contributed by atoms with Crippen molar-refractivity contribution in [2.45, 2.75) is 218 Å². The fourth-order valence-corrected chi connectivity index (χ4v) is 7.70. The van der Waals surface area contributed by atoms with Crippen molar-refractivity contribution in [3.8, 4) is 0 Å². The minimum absolute atomic E-state index is 0.00405. The van der Waals surface area contributed by atoms with Gasteiger partial charge in [-0.05, 0) is 31.6 Å². The maximum atomic E-state index is 12.5. The average molecular weight is 803 g/mol. The van der Waals surface area contributed by atoms with Crippen molar-refractivity contribution in [2.75, 3.05) is 13.2 Å². The third kappa shape index (κ3) is 29.3. The molecule has 0 aromatic carbocycles. The van der Waals surface area contributed by atoms with Crippen LogP contribution in [0.4, 0.5) is 0 Å². The second-order valence-electron chi connectivity index (χ2n) is 15.8. The smallest absolute Gasteiger partial charge is 0.462 e. The van der Waals surface area contributed by atoms with E-state index in [2.05, 4.69) is 18.4 Å². The first-order chi connectivity index (χ1) is 26.5. The summed E-state index contributed by atoms with van der Waals surface area (Å²) in [5, 5.41) is 20.7. The Morgan fingerprint density at radius 3 is 1.71 bits per heavy atom. The van der Waals surface area contributed by atoms with Crippen LogP contribution in [0.3, 0.4) is 0 Å². The number of carbonyl (C=O) groups is 3. The number of carbonyl (C=O) groups excluding carboxylic acids is 3. The van der Waals surface area contributed by atoms with Gasteiger partial charge < -0.3 is 29.5 Å². The average Bonchev–Trinajstić information content (AvgIpc) is 3.41. The number of aliphatic hydroxyl groups excluding tert-OH is 2. The van der Waals surface area contributed by atoms with Crippen LogP contribution in [0.1, 0.15) is 200 Å². The lowest BCUT2D eigenvalue weighted by Crippen LogP contribution is -2.29. The minimum Gasteiger partial charge on any atom is -0.462 e. The first kappa shape index (κ1) is 51.4. The van der Waals surface area contributed by atoms with Gasteiger partial charge in [0.25, 0.3) is 0 Å². The molecule has 0 spiro atoms. The second kappa shape index (κ2) is 33.4. The van der Waals surface area contributed by atoms with Crippen LogP contribution in [-0.2, 0) is 32.9 Å². The molecular formula is C43H79O11P. The molecule has 0 heterocycles. The maximum absolute atomic E-state index is 12.5. The van der Waals surface area contributed by atoms with E-state index in [1.807, 2.05) is 0 Å². The van der Waals surface area contributed by atoms with E-state index in [4.69, 9.17) is 19.3 Å². The van der Waals surface area contributed by atoms with E-state index in [1.54, 1.807) is 12.2 Å². The lowest BCUT2D eigenvalue weighted by atomic mass is 9.88. The number of Topliss-reactive ketones (excluding diaryl/α,β-unsaturated/α-hetero) is 1. The summed E-state index contributed by atoms with van der Waals surface area (Å²) >= 11 is 0. The Kier molecular flexibility index (Phi) is 31.2. The van der Waals surface area contributed by atoms with E-state index in [1.165, 1.54) is 83.5 Å². The molecule has 12 heteroatoms. The summed E-state index contributed by atoms with van der Waals surface area (Å²) in [7, 11) is -4.82. The summed E-state index contributed by atoms with van der Waals surface area (Å²) in [5.41, 5.74) is 0. The number of hydrogen-bond donors (Lipinski definition) is 4. The fraction of sp³-hybridized carbons (Fsp3) is 0.884. The molecule has 322 valence electrons. The molecule has 0 unspecified atom stereocenters. The Balaban J connectivity index is 2.22. The number of unbranched alkanes of at least 4 members (excludes halogenated alkanes) is 21. The molecule has 0 saturated heterocycles. The third-order valence-corrected chi connectivity index (χ3v) is 11.2. The minimum atomic E-state index is -4.82. The monoisotopic (exact) mass is 803 g/mol. The lowest BCUT2D eigenvalue weighted by molar-refractivity contribution is -0.161. The quantitative estimate of drug-likeness (QED) is 0.0203. The molecule has 0 radical (unpaired) electrons. The summed E-state index contributed by atoms with van der Waals surface area (Å²) < 4.78 is 26.4. The van der Waals surface area contributed by atoms with Crippen molar-refractivity contribution in [2.24, 2.45) is 11.8 Å². The van der Waals surface area contributed by atoms with Gasteiger partial charge >= 0.3 is 19.8 Å². The second-order valence-corrected chi connectivity index (χ2v) is 17.1. The van der Waals surface area contributed by atoms with Gasteiger partial charge in [-0.1, -0.05) is 167 Å². The molecule has 4 N–H and O–H groups in total. The molecule has 5 atom stereocenters. The number of hydrogen-bond acceptors (Lipinski definition) is 9. The predicted molar refractivity (Wildman–Crippen MR) is 217 cm³/mol. The fourth-order valence-electron chi connectivity index (χ4n) is 7.34. The van der Waals surface area contributed by atoms with Crippen molar-refractivity contribution < 1.29 is 52.9 Å². The van der Waals surface area contributed by atoms with Crippen LogP contribution < -0.4 is 0 Å². The zero-order valence-electron chi connectivity index (χ0n) is 34.6. The first-order valence-corrected chi connectivity index (χ1v) is 23.6. The van der Waals surface area contributed by atoms with Crippen LogP contribution in [0.15, 0.2) is 12.2 Å². The zero-order valence-corrected chi connectivity index (χ0v) is 35.4. The summed E-state index contributed by atoms with van der Waals surface area (Å²) in [4.78, 5) is 55.6. The molecular weight excluding hydrogens is 723 g/mol. The van der Waals surface area contributed by atoms with Gasteiger partial charge in [0.2, 0.25) is 0 Å². The van der Waals surface area contributed by atoms with Gasteiger partial charge in [-0.25, -0.2) is 4.57 Å². The number of esters is 2. The van der Waals surface area contributed by atoms with Crippen LogP contribution in [0, 0.1) is 11.8 Å². The zero-order chi connectivity index (χ0) is 40.6. The Labute approximate surface area is 333 Å². The molecule has 55 heavy (non-hydrogen) atoms. The van der Waals surface area contributed by atoms with Crippen LogP contribution in [0.25, 0.3) is 0 Å². The highest BCUT2D eigenvalue weighted by Crippen LogP contribution is 2.36. The maximum Gasteiger partial charge on any atom is 0.469 e. The van der Waals surface area contributed by atoms with Crippen LogP contribution in [0.2, 0.25) is 0 Å². The number of ketones is 1. The van der Waals surface area contributed by atoms with Gasteiger partial charge in [-0.3, -0.25) is 18.9 Å². The molecule has 0 aromatic rings. The number of phosphoric acid groups is 1. The standard InChI is InChI=1S/C43H79O11P/c1-3-5-7-8-9-10-11-12-13-14-15-16-17-18-19-20-25-29-42(47)52-34-37(35-53-55(49,50)51)54-43(48)30-26-22-21-24-28-38-39(41(46)33-40(38)45)32-31-36(44)27-23-6-4-2/h31-32,36-40,44-45H,3-30,33-35H2,1-2H3,(H2,49,50,51)/b32-31+/t36-,37+,38+,39+,40-/m0/s1. The number of aliphatic hydroxyl groups is 2. The van der Waals surface area contributed by atoms with Gasteiger partial charge in [0, 0.05) is 25.2 Å². The van der Waals surface area contributed by atoms with Crippen molar-refractivity contribution in [1.82, 2.24) is 0 Å². The van der Waals surface area contributed by atoms with Crippen LogP contribution in [-0.4, -0.2) is 69.2 Å². The number of phosphoric ester groups is 1. The Morgan fingerprint density at radius 2 is 1.18 bits per heavy atom. The first-order valence-electron chi connectivity index (χ1n) is 22.1. The summed E-state index contributed by atoms with van der Waals surface area (Å²) in [6.07, 6.45) is 29.8. The third-order valence-electron chi connectivity index (χ3n) is 10.7. The van der Waals surface area contributed by atoms with Crippen molar-refractivity contribution in [3.05, 3.63) is 12.2 Å². The SMILES string of the molecule is CCCCCCCCCCCCCCCCCCCC(=O)OC[C@H](COP(=O)(O)O)OC(=O)CCCCCC[C@H]1[C@@H](O)CC(=O)[C@@H]1/C=C/[C@@H](O)CCCCC. The predicted octanol–water partition coefficient (Wildman–Crippen LogP) is 10.00. The van der Waals surface area contributed by atoms with Crippen molar-refractivity contribution in [3.63, 3.8) is 0 Å². The summed E-state index contributed by atoms with van der Waals surface area (Å²) in [6, 6.07) is 0.